The number of hydrogen-bond acceptors (Lipinski definition) is 4. The summed E-state index contributed by atoms with van der Waals surface area (Å²) in [7, 11) is 0. The van der Waals surface area contributed by atoms with E-state index in [4.69, 9.17) is 4.74 Å². The number of ether oxygens (including phenoxy) is 1. The van der Waals surface area contributed by atoms with Gasteiger partial charge in [-0.3, -0.25) is 9.78 Å². The van der Waals surface area contributed by atoms with Crippen molar-refractivity contribution in [3.05, 3.63) is 60.3 Å². The van der Waals surface area contributed by atoms with Gasteiger partial charge in [-0.1, -0.05) is 12.1 Å². The number of benzene rings is 1. The van der Waals surface area contributed by atoms with Gasteiger partial charge in [0.1, 0.15) is 5.69 Å². The van der Waals surface area contributed by atoms with Crippen molar-refractivity contribution < 1.29 is 9.53 Å². The maximum atomic E-state index is 12.6. The molecular formula is C19H20N4O2. The van der Waals surface area contributed by atoms with Crippen LogP contribution in [0.2, 0.25) is 0 Å². The minimum Gasteiger partial charge on any atom is -0.379 e. The van der Waals surface area contributed by atoms with Crippen molar-refractivity contribution in [3.63, 3.8) is 0 Å². The third-order valence-electron chi connectivity index (χ3n) is 4.55. The standard InChI is InChI=1S/C19H20N4O2/c24-19(18-10-20-13-22-18)23-6-7-25-12-15(11-23)8-14-3-4-17-16(9-14)2-1-5-21-17/h1-5,9-10,13,15H,6-8,11-12H2,(H,20,22). The van der Waals surface area contributed by atoms with Crippen LogP contribution in [0.1, 0.15) is 16.1 Å². The van der Waals surface area contributed by atoms with Crippen molar-refractivity contribution in [1.82, 2.24) is 19.9 Å². The van der Waals surface area contributed by atoms with Crippen LogP contribution in [0.4, 0.5) is 0 Å². The lowest BCUT2D eigenvalue weighted by Crippen LogP contribution is -2.36. The molecule has 3 aromatic rings. The number of imidazole rings is 1. The molecule has 0 radical (unpaired) electrons. The second kappa shape index (κ2) is 7.03. The average Bonchev–Trinajstić information content (AvgIpc) is 3.08. The molecule has 1 N–H and O–H groups in total. The summed E-state index contributed by atoms with van der Waals surface area (Å²) in [6.45, 7) is 2.52. The molecule has 128 valence electrons. The van der Waals surface area contributed by atoms with E-state index < -0.39 is 0 Å². The van der Waals surface area contributed by atoms with Crippen molar-refractivity contribution in [2.75, 3.05) is 26.3 Å². The zero-order valence-corrected chi connectivity index (χ0v) is 13.9. The number of nitrogens with one attached hydrogen (secondary N) is 1. The highest BCUT2D eigenvalue weighted by Gasteiger charge is 2.24. The number of carbonyl (C=O) groups is 1. The van der Waals surface area contributed by atoms with Crippen LogP contribution in [-0.4, -0.2) is 52.1 Å². The predicted molar refractivity (Wildman–Crippen MR) is 94.2 cm³/mol. The Labute approximate surface area is 145 Å². The Hall–Kier alpha value is -2.73. The van der Waals surface area contributed by atoms with E-state index in [0.717, 1.165) is 17.3 Å². The third-order valence-corrected chi connectivity index (χ3v) is 4.55. The number of nitrogens with zero attached hydrogens (tertiary/aromatic N) is 3. The SMILES string of the molecule is O=C(c1cnc[nH]1)N1CCOCC(Cc2ccc3ncccc3c2)C1. The van der Waals surface area contributed by atoms with E-state index in [0.29, 0.717) is 32.0 Å². The molecule has 25 heavy (non-hydrogen) atoms. The summed E-state index contributed by atoms with van der Waals surface area (Å²) in [5, 5.41) is 1.14. The van der Waals surface area contributed by atoms with Crippen LogP contribution in [0.25, 0.3) is 10.9 Å². The second-order valence-electron chi connectivity index (χ2n) is 6.39. The quantitative estimate of drug-likeness (QED) is 0.796. The van der Waals surface area contributed by atoms with Gasteiger partial charge in [0.05, 0.1) is 31.3 Å². The molecule has 6 heteroatoms. The van der Waals surface area contributed by atoms with Gasteiger partial charge >= 0.3 is 0 Å². The van der Waals surface area contributed by atoms with Gasteiger partial charge in [-0.15, -0.1) is 0 Å². The number of fused-ring (bicyclic) bond motifs is 1. The topological polar surface area (TPSA) is 71.1 Å². The van der Waals surface area contributed by atoms with E-state index in [9.17, 15) is 4.79 Å². The van der Waals surface area contributed by atoms with E-state index in [1.54, 1.807) is 12.4 Å². The lowest BCUT2D eigenvalue weighted by Gasteiger charge is -2.23. The summed E-state index contributed by atoms with van der Waals surface area (Å²) in [5.41, 5.74) is 2.77. The first-order chi connectivity index (χ1) is 12.3. The number of pyridine rings is 1. The van der Waals surface area contributed by atoms with Gasteiger partial charge in [-0.25, -0.2) is 4.98 Å². The summed E-state index contributed by atoms with van der Waals surface area (Å²) in [4.78, 5) is 25.6. The summed E-state index contributed by atoms with van der Waals surface area (Å²) in [5.74, 6) is 0.249. The van der Waals surface area contributed by atoms with Gasteiger partial charge in [0.2, 0.25) is 0 Å². The van der Waals surface area contributed by atoms with Gasteiger partial charge in [0.15, 0.2) is 0 Å². The molecular weight excluding hydrogens is 316 g/mol. The Morgan fingerprint density at radius 2 is 2.32 bits per heavy atom. The van der Waals surface area contributed by atoms with E-state index >= 15 is 0 Å². The number of amides is 1. The molecule has 0 aliphatic carbocycles. The minimum atomic E-state index is -0.0179. The van der Waals surface area contributed by atoms with Crippen molar-refractivity contribution in [2.45, 2.75) is 6.42 Å². The van der Waals surface area contributed by atoms with E-state index in [-0.39, 0.29) is 11.8 Å². The van der Waals surface area contributed by atoms with Crippen LogP contribution in [-0.2, 0) is 11.2 Å². The van der Waals surface area contributed by atoms with Crippen molar-refractivity contribution >= 4 is 16.8 Å². The first-order valence-corrected chi connectivity index (χ1v) is 8.48. The molecule has 6 nitrogen and oxygen atoms in total. The summed E-state index contributed by atoms with van der Waals surface area (Å²) < 4.78 is 5.73. The lowest BCUT2D eigenvalue weighted by atomic mass is 9.98. The largest absolute Gasteiger partial charge is 0.379 e. The Kier molecular flexibility index (Phi) is 4.43. The third kappa shape index (κ3) is 3.53. The molecule has 2 aromatic heterocycles. The Morgan fingerprint density at radius 1 is 1.36 bits per heavy atom. The minimum absolute atomic E-state index is 0.0179. The van der Waals surface area contributed by atoms with Crippen LogP contribution in [0, 0.1) is 5.92 Å². The number of carbonyl (C=O) groups excluding carboxylic acids is 1. The molecule has 1 unspecified atom stereocenters. The first-order valence-electron chi connectivity index (χ1n) is 8.48. The molecule has 0 bridgehead atoms. The Bertz CT molecular complexity index is 863. The normalized spacial score (nSPS) is 18.2. The molecule has 1 fully saturated rings. The molecule has 0 saturated carbocycles. The molecule has 0 spiro atoms. The predicted octanol–water partition coefficient (Wildman–Crippen LogP) is 2.29. The van der Waals surface area contributed by atoms with Gasteiger partial charge in [-0.2, -0.15) is 0 Å². The highest BCUT2D eigenvalue weighted by molar-refractivity contribution is 5.92. The molecule has 1 aromatic carbocycles. The second-order valence-corrected chi connectivity index (χ2v) is 6.39. The van der Waals surface area contributed by atoms with Crippen LogP contribution in [0.3, 0.4) is 0 Å². The number of aromatic amines is 1. The smallest absolute Gasteiger partial charge is 0.272 e. The average molecular weight is 336 g/mol. The fourth-order valence-corrected chi connectivity index (χ4v) is 3.32. The number of rotatable bonds is 3. The molecule has 1 aliphatic rings. The molecule has 1 aliphatic heterocycles. The van der Waals surface area contributed by atoms with Crippen molar-refractivity contribution in [2.24, 2.45) is 5.92 Å². The van der Waals surface area contributed by atoms with Crippen LogP contribution < -0.4 is 0 Å². The molecule has 1 saturated heterocycles. The maximum absolute atomic E-state index is 12.6. The highest BCUT2D eigenvalue weighted by atomic mass is 16.5. The monoisotopic (exact) mass is 336 g/mol. The highest BCUT2D eigenvalue weighted by Crippen LogP contribution is 2.19. The Balaban J connectivity index is 1.49. The van der Waals surface area contributed by atoms with Crippen LogP contribution in [0.15, 0.2) is 49.1 Å². The fraction of sp³-hybridized carbons (Fsp3) is 0.316. The molecule has 1 atom stereocenters. The lowest BCUT2D eigenvalue weighted by molar-refractivity contribution is 0.0732. The first kappa shape index (κ1) is 15.8. The van der Waals surface area contributed by atoms with Gasteiger partial charge in [0, 0.05) is 30.6 Å². The van der Waals surface area contributed by atoms with Gasteiger partial charge in [-0.05, 0) is 30.2 Å². The fourth-order valence-electron chi connectivity index (χ4n) is 3.32. The number of H-pyrrole nitrogens is 1. The van der Waals surface area contributed by atoms with Crippen LogP contribution >= 0.6 is 0 Å². The van der Waals surface area contributed by atoms with Gasteiger partial charge < -0.3 is 14.6 Å². The van der Waals surface area contributed by atoms with E-state index in [1.165, 1.54) is 11.9 Å². The van der Waals surface area contributed by atoms with Crippen molar-refractivity contribution in [1.29, 1.82) is 0 Å². The van der Waals surface area contributed by atoms with Crippen LogP contribution in [0.5, 0.6) is 0 Å². The Morgan fingerprint density at radius 3 is 3.20 bits per heavy atom. The zero-order valence-electron chi connectivity index (χ0n) is 13.9. The summed E-state index contributed by atoms with van der Waals surface area (Å²) in [6.07, 6.45) is 5.78. The number of hydrogen-bond donors (Lipinski definition) is 1. The van der Waals surface area contributed by atoms with E-state index in [1.807, 2.05) is 11.0 Å². The number of aromatic nitrogens is 3. The summed E-state index contributed by atoms with van der Waals surface area (Å²) in [6, 6.07) is 10.4. The molecule has 4 rings (SSSR count). The molecule has 3 heterocycles. The zero-order chi connectivity index (χ0) is 17.1. The van der Waals surface area contributed by atoms with Crippen molar-refractivity contribution in [3.8, 4) is 0 Å². The molecule has 1 amide bonds. The van der Waals surface area contributed by atoms with E-state index in [2.05, 4.69) is 39.2 Å². The summed E-state index contributed by atoms with van der Waals surface area (Å²) >= 11 is 0. The van der Waals surface area contributed by atoms with Gasteiger partial charge in [0.25, 0.3) is 5.91 Å². The maximum Gasteiger partial charge on any atom is 0.272 e.